The highest BCUT2D eigenvalue weighted by Gasteiger charge is 2.47. The van der Waals surface area contributed by atoms with Crippen LogP contribution in [0.2, 0.25) is 0 Å². The van der Waals surface area contributed by atoms with Crippen LogP contribution in [0.3, 0.4) is 0 Å². The van der Waals surface area contributed by atoms with Crippen molar-refractivity contribution in [2.24, 2.45) is 0 Å². The highest BCUT2D eigenvalue weighted by molar-refractivity contribution is 7.92. The molecule has 0 aromatic heterocycles. The second kappa shape index (κ2) is 1.97. The molecule has 0 aliphatic carbocycles. The summed E-state index contributed by atoms with van der Waals surface area (Å²) in [6.45, 7) is 0.413. The summed E-state index contributed by atoms with van der Waals surface area (Å²) in [5.74, 6) is 0.177. The van der Waals surface area contributed by atoms with E-state index >= 15 is 0 Å². The van der Waals surface area contributed by atoms with E-state index in [4.69, 9.17) is 0 Å². The molecule has 4 nitrogen and oxygen atoms in total. The Labute approximate surface area is 65.1 Å². The van der Waals surface area contributed by atoms with E-state index in [0.29, 0.717) is 13.0 Å². The molecule has 1 amide bonds. The first kappa shape index (κ1) is 7.09. The summed E-state index contributed by atoms with van der Waals surface area (Å²) in [6, 6.07) is -0.0255. The Morgan fingerprint density at radius 1 is 1.45 bits per heavy atom. The van der Waals surface area contributed by atoms with Gasteiger partial charge in [0.25, 0.3) is 0 Å². The van der Waals surface area contributed by atoms with Crippen molar-refractivity contribution in [2.45, 2.75) is 17.7 Å². The zero-order chi connectivity index (χ0) is 8.06. The van der Waals surface area contributed by atoms with Crippen LogP contribution in [0, 0.1) is 0 Å². The van der Waals surface area contributed by atoms with Gasteiger partial charge in [0.1, 0.15) is 0 Å². The second-order valence-electron chi connectivity index (χ2n) is 3.14. The van der Waals surface area contributed by atoms with Crippen LogP contribution in [0.25, 0.3) is 0 Å². The molecular weight excluding hydrogens is 166 g/mol. The highest BCUT2D eigenvalue weighted by atomic mass is 32.2. The van der Waals surface area contributed by atoms with Crippen LogP contribution in [0.4, 0.5) is 0 Å². The van der Waals surface area contributed by atoms with Gasteiger partial charge in [-0.1, -0.05) is 0 Å². The molecular formula is C6H9NO3S. The minimum absolute atomic E-state index is 0.0255. The Morgan fingerprint density at radius 3 is 2.55 bits per heavy atom. The molecule has 2 unspecified atom stereocenters. The lowest BCUT2D eigenvalue weighted by molar-refractivity contribution is -0.118. The smallest absolute Gasteiger partial charge is 0.210 e. The lowest BCUT2D eigenvalue weighted by Gasteiger charge is -2.21. The maximum atomic E-state index is 11.1. The van der Waals surface area contributed by atoms with Gasteiger partial charge >= 0.3 is 0 Å². The number of nitrogens with zero attached hydrogens (tertiary/aromatic N) is 1. The maximum Gasteiger partial charge on any atom is 0.210 e. The quantitative estimate of drug-likeness (QED) is 0.481. The van der Waals surface area contributed by atoms with Crippen molar-refractivity contribution >= 4 is 16.2 Å². The first-order valence-corrected chi connectivity index (χ1v) is 5.27. The number of rotatable bonds is 1. The van der Waals surface area contributed by atoms with E-state index in [1.165, 1.54) is 0 Å². The van der Waals surface area contributed by atoms with E-state index in [0.717, 1.165) is 6.41 Å². The van der Waals surface area contributed by atoms with Crippen LogP contribution < -0.4 is 0 Å². The Bertz CT molecular complexity index is 284. The molecule has 5 heteroatoms. The van der Waals surface area contributed by atoms with Gasteiger partial charge in [0.2, 0.25) is 6.41 Å². The third kappa shape index (κ3) is 0.870. The maximum absolute atomic E-state index is 11.1. The number of hydrogen-bond donors (Lipinski definition) is 0. The molecule has 0 aromatic carbocycles. The summed E-state index contributed by atoms with van der Waals surface area (Å²) in [7, 11) is -2.83. The summed E-state index contributed by atoms with van der Waals surface area (Å²) < 4.78 is 22.3. The molecule has 0 radical (unpaired) electrons. The summed E-state index contributed by atoms with van der Waals surface area (Å²) in [6.07, 6.45) is 1.40. The minimum Gasteiger partial charge on any atom is -0.340 e. The van der Waals surface area contributed by atoms with Gasteiger partial charge in [-0.05, 0) is 6.42 Å². The molecule has 2 atom stereocenters. The molecule has 2 aliphatic rings. The topological polar surface area (TPSA) is 54.5 Å². The molecule has 0 aromatic rings. The van der Waals surface area contributed by atoms with E-state index in [1.54, 1.807) is 4.90 Å². The third-order valence-corrected chi connectivity index (χ3v) is 4.69. The predicted octanol–water partition coefficient (Wildman–Crippen LogP) is -0.986. The number of sulfone groups is 1. The zero-order valence-electron chi connectivity index (χ0n) is 5.93. The summed E-state index contributed by atoms with van der Waals surface area (Å²) in [4.78, 5) is 11.9. The monoisotopic (exact) mass is 175 g/mol. The number of likely N-dealkylation sites (tertiary alicyclic amines) is 1. The first-order chi connectivity index (χ1) is 5.13. The summed E-state index contributed by atoms with van der Waals surface area (Å²) >= 11 is 0. The van der Waals surface area contributed by atoms with Crippen LogP contribution in [-0.4, -0.2) is 43.3 Å². The molecule has 2 saturated heterocycles. The highest BCUT2D eigenvalue weighted by Crippen LogP contribution is 2.31. The lowest BCUT2D eigenvalue weighted by Crippen LogP contribution is -2.39. The van der Waals surface area contributed by atoms with Crippen molar-refractivity contribution in [3.63, 3.8) is 0 Å². The van der Waals surface area contributed by atoms with Gasteiger partial charge in [0.15, 0.2) is 9.84 Å². The van der Waals surface area contributed by atoms with Crippen LogP contribution >= 0.6 is 0 Å². The molecule has 2 fully saturated rings. The molecule has 0 N–H and O–H groups in total. The van der Waals surface area contributed by atoms with Crippen LogP contribution in [0.5, 0.6) is 0 Å². The van der Waals surface area contributed by atoms with E-state index < -0.39 is 9.84 Å². The van der Waals surface area contributed by atoms with E-state index in [1.807, 2.05) is 0 Å². The van der Waals surface area contributed by atoms with E-state index in [2.05, 4.69) is 0 Å². The molecule has 2 bridgehead atoms. The van der Waals surface area contributed by atoms with Crippen molar-refractivity contribution in [3.8, 4) is 0 Å². The van der Waals surface area contributed by atoms with E-state index in [-0.39, 0.29) is 17.0 Å². The summed E-state index contributed by atoms with van der Waals surface area (Å²) in [5.41, 5.74) is 0. The Hall–Kier alpha value is -0.580. The van der Waals surface area contributed by atoms with Gasteiger partial charge in [-0.2, -0.15) is 0 Å². The zero-order valence-corrected chi connectivity index (χ0v) is 6.75. The average Bonchev–Trinajstić information content (AvgIpc) is 2.41. The van der Waals surface area contributed by atoms with Gasteiger partial charge in [-0.25, -0.2) is 8.42 Å². The number of hydrogen-bond acceptors (Lipinski definition) is 3. The van der Waals surface area contributed by atoms with Gasteiger partial charge in [-0.15, -0.1) is 0 Å². The molecule has 62 valence electrons. The molecule has 2 heterocycles. The fourth-order valence-electron chi connectivity index (χ4n) is 1.85. The van der Waals surface area contributed by atoms with Crippen molar-refractivity contribution in [3.05, 3.63) is 0 Å². The Kier molecular flexibility index (Phi) is 1.27. The largest absolute Gasteiger partial charge is 0.340 e. The molecule has 2 rings (SSSR count). The fraction of sp³-hybridized carbons (Fsp3) is 0.833. The fourth-order valence-corrected chi connectivity index (χ4v) is 3.91. The average molecular weight is 175 g/mol. The van der Waals surface area contributed by atoms with Gasteiger partial charge in [0, 0.05) is 12.6 Å². The number of carbonyl (C=O) groups is 1. The van der Waals surface area contributed by atoms with Gasteiger partial charge in [-0.3, -0.25) is 4.79 Å². The van der Waals surface area contributed by atoms with Crippen LogP contribution in [0.15, 0.2) is 0 Å². The Balaban J connectivity index is 2.27. The minimum atomic E-state index is -2.83. The van der Waals surface area contributed by atoms with Crippen LogP contribution in [-0.2, 0) is 14.6 Å². The third-order valence-electron chi connectivity index (χ3n) is 2.49. The summed E-state index contributed by atoms with van der Waals surface area (Å²) in [5, 5.41) is -0.266. The normalized spacial score (nSPS) is 39.5. The molecule has 11 heavy (non-hydrogen) atoms. The lowest BCUT2D eigenvalue weighted by atomic mass is 10.2. The molecule has 0 spiro atoms. The van der Waals surface area contributed by atoms with Crippen LogP contribution in [0.1, 0.15) is 6.42 Å². The number of fused-ring (bicyclic) bond motifs is 2. The van der Waals surface area contributed by atoms with Crippen molar-refractivity contribution < 1.29 is 13.2 Å². The predicted molar refractivity (Wildman–Crippen MR) is 38.7 cm³/mol. The number of carbonyl (C=O) groups excluding carboxylic acids is 1. The second-order valence-corrected chi connectivity index (χ2v) is 5.47. The van der Waals surface area contributed by atoms with E-state index in [9.17, 15) is 13.2 Å². The van der Waals surface area contributed by atoms with Crippen molar-refractivity contribution in [2.75, 3.05) is 12.3 Å². The first-order valence-electron chi connectivity index (χ1n) is 3.56. The van der Waals surface area contributed by atoms with Gasteiger partial charge in [0.05, 0.1) is 11.0 Å². The number of amides is 1. The Morgan fingerprint density at radius 2 is 2.18 bits per heavy atom. The van der Waals surface area contributed by atoms with Crippen molar-refractivity contribution in [1.82, 2.24) is 4.90 Å². The van der Waals surface area contributed by atoms with Crippen molar-refractivity contribution in [1.29, 1.82) is 0 Å². The molecule has 0 saturated carbocycles. The van der Waals surface area contributed by atoms with Gasteiger partial charge < -0.3 is 4.90 Å². The standard InChI is InChI=1S/C6H9NO3S/c8-4-7-2-6-1-5(7)3-11(6,9)10/h4-6H,1-3H2. The molecule has 2 aliphatic heterocycles. The SMILES string of the molecule is O=CN1CC2CC1CS2(=O)=O.